The molecule has 0 unspecified atom stereocenters. The van der Waals surface area contributed by atoms with Crippen molar-refractivity contribution in [3.63, 3.8) is 0 Å². The number of hydrogen-bond donors (Lipinski definition) is 0. The van der Waals surface area contributed by atoms with Crippen LogP contribution in [0.25, 0.3) is 10.9 Å². The van der Waals surface area contributed by atoms with Gasteiger partial charge in [0.1, 0.15) is 0 Å². The molecule has 3 aromatic rings. The van der Waals surface area contributed by atoms with Crippen molar-refractivity contribution < 1.29 is 19.7 Å². The van der Waals surface area contributed by atoms with Crippen molar-refractivity contribution in [2.45, 2.75) is 13.5 Å². The van der Waals surface area contributed by atoms with Crippen LogP contribution in [0.1, 0.15) is 21.6 Å². The molecule has 0 radical (unpaired) electrons. The van der Waals surface area contributed by atoms with E-state index < -0.39 is 0 Å². The lowest BCUT2D eigenvalue weighted by molar-refractivity contribution is 0.0365. The minimum absolute atomic E-state index is 0. The SMILES string of the molecule is Cc1c(C(=O)c2ccc(N3CCOCC3)cc2)c2ccccc2n1CCN1CCOCC1.Cl.O. The predicted molar refractivity (Wildman–Crippen MR) is 138 cm³/mol. The number of aromatic nitrogens is 1. The maximum atomic E-state index is 13.6. The summed E-state index contributed by atoms with van der Waals surface area (Å²) in [6.07, 6.45) is 0. The van der Waals surface area contributed by atoms with Crippen LogP contribution in [-0.2, 0) is 16.0 Å². The summed E-state index contributed by atoms with van der Waals surface area (Å²) in [6.45, 7) is 10.7. The fourth-order valence-electron chi connectivity index (χ4n) is 4.86. The molecule has 0 aliphatic carbocycles. The summed E-state index contributed by atoms with van der Waals surface area (Å²) >= 11 is 0. The summed E-state index contributed by atoms with van der Waals surface area (Å²) in [5, 5.41) is 1.04. The van der Waals surface area contributed by atoms with E-state index in [2.05, 4.69) is 51.6 Å². The number of fused-ring (bicyclic) bond motifs is 1. The highest BCUT2D eigenvalue weighted by Gasteiger charge is 2.22. The van der Waals surface area contributed by atoms with Gasteiger partial charge in [-0.25, -0.2) is 0 Å². The fraction of sp³-hybridized carbons (Fsp3) is 0.423. The van der Waals surface area contributed by atoms with Gasteiger partial charge >= 0.3 is 0 Å². The molecule has 0 atom stereocenters. The van der Waals surface area contributed by atoms with Crippen molar-refractivity contribution in [1.82, 2.24) is 9.47 Å². The molecule has 2 aliphatic heterocycles. The summed E-state index contributed by atoms with van der Waals surface area (Å²) in [5.41, 5.74) is 4.88. The molecule has 7 nitrogen and oxygen atoms in total. The van der Waals surface area contributed by atoms with Gasteiger partial charge < -0.3 is 24.4 Å². The minimum atomic E-state index is 0. The lowest BCUT2D eigenvalue weighted by Crippen LogP contribution is -2.38. The minimum Gasteiger partial charge on any atom is -0.412 e. The molecule has 2 saturated heterocycles. The summed E-state index contributed by atoms with van der Waals surface area (Å²) in [5.74, 6) is 0.0948. The topological polar surface area (TPSA) is 78.4 Å². The van der Waals surface area contributed by atoms with Crippen LogP contribution >= 0.6 is 12.4 Å². The summed E-state index contributed by atoms with van der Waals surface area (Å²) in [6, 6.07) is 16.3. The van der Waals surface area contributed by atoms with Gasteiger partial charge in [-0.3, -0.25) is 9.69 Å². The number of benzene rings is 2. The van der Waals surface area contributed by atoms with Crippen molar-refractivity contribution in [3.8, 4) is 0 Å². The second-order valence-corrected chi connectivity index (χ2v) is 8.56. The van der Waals surface area contributed by atoms with E-state index in [1.165, 1.54) is 0 Å². The van der Waals surface area contributed by atoms with E-state index in [0.29, 0.717) is 0 Å². The van der Waals surface area contributed by atoms with Crippen molar-refractivity contribution in [2.24, 2.45) is 0 Å². The van der Waals surface area contributed by atoms with E-state index in [9.17, 15) is 4.79 Å². The number of carbonyl (C=O) groups excluding carboxylic acids is 1. The number of hydrogen-bond acceptors (Lipinski definition) is 5. The first kappa shape index (κ1) is 26.2. The van der Waals surface area contributed by atoms with Crippen LogP contribution in [0, 0.1) is 6.92 Å². The maximum Gasteiger partial charge on any atom is 0.195 e. The van der Waals surface area contributed by atoms with Crippen molar-refractivity contribution in [3.05, 3.63) is 65.4 Å². The Balaban J connectivity index is 0.00000162. The Morgan fingerprint density at radius 2 is 1.47 bits per heavy atom. The van der Waals surface area contributed by atoms with Gasteiger partial charge in [0, 0.05) is 67.1 Å². The fourth-order valence-corrected chi connectivity index (χ4v) is 4.86. The summed E-state index contributed by atoms with van der Waals surface area (Å²) in [7, 11) is 0. The Bertz CT molecular complexity index is 1090. The van der Waals surface area contributed by atoms with E-state index in [-0.39, 0.29) is 23.7 Å². The third-order valence-electron chi connectivity index (χ3n) is 6.71. The van der Waals surface area contributed by atoms with Crippen LogP contribution in [-0.4, -0.2) is 79.9 Å². The van der Waals surface area contributed by atoms with Gasteiger partial charge in [-0.2, -0.15) is 0 Å². The molecule has 5 rings (SSSR count). The van der Waals surface area contributed by atoms with E-state index in [4.69, 9.17) is 9.47 Å². The highest BCUT2D eigenvalue weighted by molar-refractivity contribution is 6.17. The largest absolute Gasteiger partial charge is 0.412 e. The van der Waals surface area contributed by atoms with Crippen LogP contribution in [0.5, 0.6) is 0 Å². The average molecular weight is 488 g/mol. The average Bonchev–Trinajstić information content (AvgIpc) is 3.14. The maximum absolute atomic E-state index is 13.6. The first-order valence-corrected chi connectivity index (χ1v) is 11.6. The predicted octanol–water partition coefficient (Wildman–Crippen LogP) is 2.95. The third kappa shape index (κ3) is 5.29. The lowest BCUT2D eigenvalue weighted by atomic mass is 10.00. The number of nitrogens with zero attached hydrogens (tertiary/aromatic N) is 3. The zero-order valence-corrected chi connectivity index (χ0v) is 20.5. The van der Waals surface area contributed by atoms with Gasteiger partial charge in [-0.05, 0) is 37.3 Å². The van der Waals surface area contributed by atoms with E-state index in [0.717, 1.165) is 99.1 Å². The van der Waals surface area contributed by atoms with Crippen molar-refractivity contribution in [1.29, 1.82) is 0 Å². The number of rotatable bonds is 6. The zero-order chi connectivity index (χ0) is 21.9. The second kappa shape index (κ2) is 11.8. The first-order chi connectivity index (χ1) is 15.7. The number of anilines is 1. The van der Waals surface area contributed by atoms with Gasteiger partial charge in [0.05, 0.1) is 32.0 Å². The Morgan fingerprint density at radius 3 is 2.15 bits per heavy atom. The molecule has 34 heavy (non-hydrogen) atoms. The summed E-state index contributed by atoms with van der Waals surface area (Å²) < 4.78 is 13.2. The second-order valence-electron chi connectivity index (χ2n) is 8.56. The van der Waals surface area contributed by atoms with Crippen molar-refractivity contribution >= 4 is 34.8 Å². The zero-order valence-electron chi connectivity index (χ0n) is 19.7. The molecule has 184 valence electrons. The Morgan fingerprint density at radius 1 is 0.853 bits per heavy atom. The van der Waals surface area contributed by atoms with E-state index in [1.54, 1.807) is 0 Å². The first-order valence-electron chi connectivity index (χ1n) is 11.6. The molecular weight excluding hydrogens is 454 g/mol. The molecule has 0 spiro atoms. The smallest absolute Gasteiger partial charge is 0.195 e. The molecule has 2 N–H and O–H groups in total. The molecule has 8 heteroatoms. The number of carbonyl (C=O) groups is 1. The number of halogens is 1. The van der Waals surface area contributed by atoms with E-state index in [1.807, 2.05) is 18.2 Å². The van der Waals surface area contributed by atoms with Gasteiger partial charge in [0.25, 0.3) is 0 Å². The van der Waals surface area contributed by atoms with E-state index >= 15 is 0 Å². The molecule has 3 heterocycles. The highest BCUT2D eigenvalue weighted by atomic mass is 35.5. The molecule has 0 bridgehead atoms. The molecule has 0 saturated carbocycles. The number of morpholine rings is 2. The summed E-state index contributed by atoms with van der Waals surface area (Å²) in [4.78, 5) is 18.4. The third-order valence-corrected chi connectivity index (χ3v) is 6.71. The van der Waals surface area contributed by atoms with Crippen molar-refractivity contribution in [2.75, 3.05) is 64.1 Å². The molecule has 2 aromatic carbocycles. The molecular formula is C26H34ClN3O4. The molecule has 0 amide bonds. The van der Waals surface area contributed by atoms with Crippen LogP contribution in [0.4, 0.5) is 5.69 Å². The monoisotopic (exact) mass is 487 g/mol. The Hall–Kier alpha value is -2.42. The Kier molecular flexibility index (Phi) is 9.10. The van der Waals surface area contributed by atoms with Crippen LogP contribution in [0.3, 0.4) is 0 Å². The number of ketones is 1. The van der Waals surface area contributed by atoms with Crippen LogP contribution in [0.15, 0.2) is 48.5 Å². The van der Waals surface area contributed by atoms with Gasteiger partial charge in [0.15, 0.2) is 5.78 Å². The molecule has 2 fully saturated rings. The number of ether oxygens (including phenoxy) is 2. The van der Waals surface area contributed by atoms with Crippen LogP contribution in [0.2, 0.25) is 0 Å². The Labute approximate surface area is 206 Å². The molecule has 1 aromatic heterocycles. The normalized spacial score (nSPS) is 16.7. The van der Waals surface area contributed by atoms with Crippen LogP contribution < -0.4 is 4.90 Å². The standard InChI is InChI=1S/C26H31N3O3.ClH.H2O/c1-20-25(26(30)21-6-8-22(9-7-21)28-14-18-32-19-15-28)23-4-2-3-5-24(23)29(20)11-10-27-12-16-31-17-13-27;;/h2-9H,10-19H2,1H3;1H;1H2. The van der Waals surface area contributed by atoms with Gasteiger partial charge in [0.2, 0.25) is 0 Å². The number of para-hydroxylation sites is 1. The van der Waals surface area contributed by atoms with Gasteiger partial charge in [-0.15, -0.1) is 12.4 Å². The molecule has 2 aliphatic rings. The van der Waals surface area contributed by atoms with Gasteiger partial charge in [-0.1, -0.05) is 18.2 Å². The quantitative estimate of drug-likeness (QED) is 0.499. The lowest BCUT2D eigenvalue weighted by Gasteiger charge is -2.28. The highest BCUT2D eigenvalue weighted by Crippen LogP contribution is 2.29.